The summed E-state index contributed by atoms with van der Waals surface area (Å²) >= 11 is 0. The normalized spacial score (nSPS) is 10.4. The summed E-state index contributed by atoms with van der Waals surface area (Å²) in [6, 6.07) is 13.8. The van der Waals surface area contributed by atoms with Crippen molar-refractivity contribution in [1.82, 2.24) is 15.2 Å². The van der Waals surface area contributed by atoms with E-state index >= 15 is 0 Å². The minimum atomic E-state index is 0.405. The van der Waals surface area contributed by atoms with Crippen molar-refractivity contribution in [3.05, 3.63) is 59.8 Å². The first-order valence-corrected chi connectivity index (χ1v) is 8.19. The molecule has 3 rings (SSSR count). The highest BCUT2D eigenvalue weighted by Crippen LogP contribution is 2.27. The van der Waals surface area contributed by atoms with Crippen LogP contribution in [-0.2, 0) is 0 Å². The molecule has 0 atom stereocenters. The molecule has 0 radical (unpaired) electrons. The summed E-state index contributed by atoms with van der Waals surface area (Å²) in [6.07, 6.45) is 1.60. The molecule has 0 amide bonds. The Bertz CT molecular complexity index is 866. The Hall–Kier alpha value is -3.15. The molecule has 25 heavy (non-hydrogen) atoms. The summed E-state index contributed by atoms with van der Waals surface area (Å²) < 4.78 is 5.61. The molecule has 6 heteroatoms. The van der Waals surface area contributed by atoms with Crippen LogP contribution < -0.4 is 15.4 Å². The highest BCUT2D eigenvalue weighted by atomic mass is 16.5. The minimum absolute atomic E-state index is 0.405. The van der Waals surface area contributed by atoms with E-state index in [2.05, 4.69) is 45.7 Å². The van der Waals surface area contributed by atoms with Crippen LogP contribution in [0, 0.1) is 13.8 Å². The number of hydrogen-bond donors (Lipinski definition) is 2. The van der Waals surface area contributed by atoms with Crippen LogP contribution in [0.5, 0.6) is 5.75 Å². The number of hydrogen-bond acceptors (Lipinski definition) is 6. The second-order valence-electron chi connectivity index (χ2n) is 5.59. The first kappa shape index (κ1) is 16.7. The predicted molar refractivity (Wildman–Crippen MR) is 99.9 cm³/mol. The summed E-state index contributed by atoms with van der Waals surface area (Å²) in [5.41, 5.74) is 4.20. The van der Waals surface area contributed by atoms with Gasteiger partial charge in [-0.3, -0.25) is 0 Å². The van der Waals surface area contributed by atoms with Gasteiger partial charge in [0.05, 0.1) is 18.5 Å². The molecule has 0 saturated carbocycles. The van der Waals surface area contributed by atoms with E-state index in [1.165, 1.54) is 11.1 Å². The van der Waals surface area contributed by atoms with Crippen LogP contribution >= 0.6 is 0 Å². The number of anilines is 4. The van der Waals surface area contributed by atoms with E-state index in [9.17, 15) is 0 Å². The lowest BCUT2D eigenvalue weighted by Crippen LogP contribution is -2.04. The average Bonchev–Trinajstić information content (AvgIpc) is 2.61. The molecule has 1 aromatic heterocycles. The van der Waals surface area contributed by atoms with E-state index in [4.69, 9.17) is 4.74 Å². The summed E-state index contributed by atoms with van der Waals surface area (Å²) in [5.74, 6) is 1.78. The fourth-order valence-electron chi connectivity index (χ4n) is 2.41. The van der Waals surface area contributed by atoms with E-state index in [0.717, 1.165) is 17.1 Å². The third-order valence-corrected chi connectivity index (χ3v) is 3.86. The number of nitrogens with one attached hydrogen (secondary N) is 2. The van der Waals surface area contributed by atoms with Gasteiger partial charge in [-0.15, -0.1) is 5.10 Å². The molecular formula is C19H21N5O. The van der Waals surface area contributed by atoms with Crippen molar-refractivity contribution in [2.75, 3.05) is 17.2 Å². The molecule has 1 heterocycles. The van der Waals surface area contributed by atoms with E-state index in [1.807, 2.05) is 43.3 Å². The van der Waals surface area contributed by atoms with Gasteiger partial charge >= 0.3 is 0 Å². The Morgan fingerprint density at radius 3 is 2.60 bits per heavy atom. The zero-order valence-electron chi connectivity index (χ0n) is 14.6. The maximum atomic E-state index is 5.61. The third-order valence-electron chi connectivity index (χ3n) is 3.86. The summed E-state index contributed by atoms with van der Waals surface area (Å²) in [7, 11) is 0. The van der Waals surface area contributed by atoms with Gasteiger partial charge in [0.15, 0.2) is 5.82 Å². The van der Waals surface area contributed by atoms with Gasteiger partial charge in [-0.05, 0) is 50.1 Å². The molecule has 2 N–H and O–H groups in total. The van der Waals surface area contributed by atoms with Crippen molar-refractivity contribution in [3.63, 3.8) is 0 Å². The van der Waals surface area contributed by atoms with Gasteiger partial charge in [0.25, 0.3) is 0 Å². The van der Waals surface area contributed by atoms with Crippen molar-refractivity contribution >= 4 is 23.1 Å². The van der Waals surface area contributed by atoms with Gasteiger partial charge in [0, 0.05) is 5.69 Å². The van der Waals surface area contributed by atoms with Crippen molar-refractivity contribution in [1.29, 1.82) is 0 Å². The zero-order valence-corrected chi connectivity index (χ0v) is 14.6. The second-order valence-corrected chi connectivity index (χ2v) is 5.59. The average molecular weight is 335 g/mol. The van der Waals surface area contributed by atoms with Gasteiger partial charge < -0.3 is 15.4 Å². The van der Waals surface area contributed by atoms with Gasteiger partial charge in [-0.2, -0.15) is 10.1 Å². The first-order valence-electron chi connectivity index (χ1n) is 8.19. The summed E-state index contributed by atoms with van der Waals surface area (Å²) in [6.45, 7) is 6.69. The van der Waals surface area contributed by atoms with E-state index in [-0.39, 0.29) is 0 Å². The Balaban J connectivity index is 1.81. The van der Waals surface area contributed by atoms with Gasteiger partial charge in [-0.1, -0.05) is 24.3 Å². The second kappa shape index (κ2) is 7.61. The molecule has 128 valence electrons. The monoisotopic (exact) mass is 335 g/mol. The van der Waals surface area contributed by atoms with Crippen LogP contribution in [0.1, 0.15) is 18.1 Å². The molecule has 0 unspecified atom stereocenters. The van der Waals surface area contributed by atoms with Crippen molar-refractivity contribution in [2.45, 2.75) is 20.8 Å². The van der Waals surface area contributed by atoms with Gasteiger partial charge in [0.1, 0.15) is 5.75 Å². The summed E-state index contributed by atoms with van der Waals surface area (Å²) in [4.78, 5) is 4.48. The van der Waals surface area contributed by atoms with Crippen LogP contribution in [0.15, 0.2) is 48.7 Å². The molecule has 6 nitrogen and oxygen atoms in total. The number of nitrogens with zero attached hydrogens (tertiary/aromatic N) is 3. The molecule has 0 aliphatic carbocycles. The Morgan fingerprint density at radius 1 is 0.960 bits per heavy atom. The number of ether oxygens (including phenoxy) is 1. The lowest BCUT2D eigenvalue weighted by Gasteiger charge is -2.12. The van der Waals surface area contributed by atoms with Gasteiger partial charge in [0.2, 0.25) is 5.95 Å². The Kier molecular flexibility index (Phi) is 5.09. The largest absolute Gasteiger partial charge is 0.492 e. The number of benzene rings is 2. The van der Waals surface area contributed by atoms with Crippen LogP contribution in [0.25, 0.3) is 0 Å². The quantitative estimate of drug-likeness (QED) is 0.697. The molecule has 0 saturated heterocycles. The number of para-hydroxylation sites is 2. The lowest BCUT2D eigenvalue weighted by atomic mass is 10.1. The molecule has 0 fully saturated rings. The molecule has 0 spiro atoms. The van der Waals surface area contributed by atoms with Crippen LogP contribution in [0.3, 0.4) is 0 Å². The van der Waals surface area contributed by atoms with Crippen molar-refractivity contribution < 1.29 is 4.74 Å². The smallest absolute Gasteiger partial charge is 0.249 e. The maximum Gasteiger partial charge on any atom is 0.249 e. The van der Waals surface area contributed by atoms with E-state index < -0.39 is 0 Å². The van der Waals surface area contributed by atoms with Crippen LogP contribution in [0.4, 0.5) is 23.1 Å². The number of aromatic nitrogens is 3. The number of aryl methyl sites for hydroxylation is 1. The topological polar surface area (TPSA) is 72.0 Å². The minimum Gasteiger partial charge on any atom is -0.492 e. The molecule has 0 bridgehead atoms. The predicted octanol–water partition coefficient (Wildman–Crippen LogP) is 4.37. The molecule has 2 aromatic carbocycles. The highest BCUT2D eigenvalue weighted by Gasteiger charge is 2.07. The van der Waals surface area contributed by atoms with Crippen molar-refractivity contribution in [3.8, 4) is 5.75 Å². The standard InChI is InChI=1S/C19H21N5O/c1-4-25-17-11-6-5-9-16(17)22-19-23-18(12-20-24-19)21-15-10-7-8-13(2)14(15)3/h5-12H,4H2,1-3H3,(H2,21,22,23,24). The van der Waals surface area contributed by atoms with E-state index in [1.54, 1.807) is 6.20 Å². The lowest BCUT2D eigenvalue weighted by molar-refractivity contribution is 0.342. The summed E-state index contributed by atoms with van der Waals surface area (Å²) in [5, 5.41) is 14.5. The number of rotatable bonds is 6. The maximum absolute atomic E-state index is 5.61. The Morgan fingerprint density at radius 2 is 1.76 bits per heavy atom. The van der Waals surface area contributed by atoms with Gasteiger partial charge in [-0.25, -0.2) is 0 Å². The van der Waals surface area contributed by atoms with E-state index in [0.29, 0.717) is 18.4 Å². The molecular weight excluding hydrogens is 314 g/mol. The zero-order chi connectivity index (χ0) is 17.6. The highest BCUT2D eigenvalue weighted by molar-refractivity contribution is 5.65. The van der Waals surface area contributed by atoms with Crippen molar-refractivity contribution in [2.24, 2.45) is 0 Å². The third kappa shape index (κ3) is 4.03. The fourth-order valence-corrected chi connectivity index (χ4v) is 2.41. The molecule has 0 aliphatic rings. The molecule has 0 aliphatic heterocycles. The fraction of sp³-hybridized carbons (Fsp3) is 0.211. The SMILES string of the molecule is CCOc1ccccc1Nc1nncc(Nc2cccc(C)c2C)n1. The molecule has 3 aromatic rings. The van der Waals surface area contributed by atoms with Crippen LogP contribution in [-0.4, -0.2) is 21.8 Å². The first-order chi connectivity index (χ1) is 12.2. The Labute approximate surface area is 147 Å². The van der Waals surface area contributed by atoms with Crippen LogP contribution in [0.2, 0.25) is 0 Å².